The summed E-state index contributed by atoms with van der Waals surface area (Å²) < 4.78 is 32.7. The van der Waals surface area contributed by atoms with Gasteiger partial charge >= 0.3 is 0 Å². The van der Waals surface area contributed by atoms with E-state index in [1.165, 1.54) is 0 Å². The number of benzene rings is 2. The highest BCUT2D eigenvalue weighted by molar-refractivity contribution is 5.90. The van der Waals surface area contributed by atoms with Crippen LogP contribution in [-0.4, -0.2) is 52.9 Å². The number of nitrogen functional groups attached to an aromatic ring is 1. The highest BCUT2D eigenvalue weighted by atomic mass is 16.5. The Kier molecular flexibility index (Phi) is 6.10. The Hall–Kier alpha value is -3.75. The summed E-state index contributed by atoms with van der Waals surface area (Å²) in [6.07, 6.45) is 0. The number of aromatic nitrogens is 2. The van der Waals surface area contributed by atoms with E-state index >= 15 is 0 Å². The lowest BCUT2D eigenvalue weighted by Gasteiger charge is -2.16. The lowest BCUT2D eigenvalue weighted by Crippen LogP contribution is -1.98. The molecule has 0 fully saturated rings. The van der Waals surface area contributed by atoms with Crippen molar-refractivity contribution in [2.45, 2.75) is 0 Å². The summed E-state index contributed by atoms with van der Waals surface area (Å²) in [7, 11) is 9.33. The molecule has 0 spiro atoms. The van der Waals surface area contributed by atoms with Gasteiger partial charge in [0.25, 0.3) is 0 Å². The Morgan fingerprint density at radius 2 is 1.03 bits per heavy atom. The minimum Gasteiger partial charge on any atom is -0.493 e. The predicted octanol–water partition coefficient (Wildman–Crippen LogP) is 3.38. The number of methoxy groups -OCH3 is 6. The lowest BCUT2D eigenvalue weighted by atomic mass is 9.99. The summed E-state index contributed by atoms with van der Waals surface area (Å²) in [5.41, 5.74) is 9.04. The van der Waals surface area contributed by atoms with E-state index in [1.807, 2.05) is 24.3 Å². The molecule has 0 aliphatic rings. The van der Waals surface area contributed by atoms with Crippen LogP contribution in [0.25, 0.3) is 22.4 Å². The molecule has 9 heteroatoms. The van der Waals surface area contributed by atoms with Gasteiger partial charge in [0, 0.05) is 5.56 Å². The van der Waals surface area contributed by atoms with E-state index in [0.29, 0.717) is 51.6 Å². The third kappa shape index (κ3) is 3.49. The summed E-state index contributed by atoms with van der Waals surface area (Å²) in [6, 6.07) is 7.25. The van der Waals surface area contributed by atoms with E-state index in [-0.39, 0.29) is 0 Å². The Balaban J connectivity index is 2.25. The van der Waals surface area contributed by atoms with Gasteiger partial charge in [-0.1, -0.05) is 0 Å². The van der Waals surface area contributed by atoms with E-state index in [1.54, 1.807) is 42.7 Å². The molecule has 0 unspecified atom stereocenters. The SMILES string of the molecule is COc1cc(-c2[nH]nc(N)c2-c2cc(OC)c(OC)c(OC)c2)cc(OC)c1OC. The summed E-state index contributed by atoms with van der Waals surface area (Å²) in [6.45, 7) is 0. The highest BCUT2D eigenvalue weighted by Crippen LogP contribution is 2.47. The second-order valence-corrected chi connectivity index (χ2v) is 6.19. The summed E-state index contributed by atoms with van der Waals surface area (Å²) in [4.78, 5) is 0. The zero-order valence-electron chi connectivity index (χ0n) is 17.8. The molecule has 30 heavy (non-hydrogen) atoms. The molecule has 1 heterocycles. The van der Waals surface area contributed by atoms with E-state index < -0.39 is 0 Å². The Bertz CT molecular complexity index is 997. The van der Waals surface area contributed by atoms with Crippen molar-refractivity contribution in [2.24, 2.45) is 0 Å². The monoisotopic (exact) mass is 415 g/mol. The van der Waals surface area contributed by atoms with Crippen molar-refractivity contribution in [3.05, 3.63) is 24.3 Å². The normalized spacial score (nSPS) is 10.5. The molecule has 0 atom stereocenters. The first kappa shape index (κ1) is 21.0. The highest BCUT2D eigenvalue weighted by Gasteiger charge is 2.22. The molecule has 0 bridgehead atoms. The van der Waals surface area contributed by atoms with E-state index in [2.05, 4.69) is 10.2 Å². The van der Waals surface area contributed by atoms with Gasteiger partial charge in [-0.25, -0.2) is 0 Å². The van der Waals surface area contributed by atoms with Crippen LogP contribution in [0.4, 0.5) is 5.82 Å². The number of nitrogens with zero attached hydrogens (tertiary/aromatic N) is 1. The largest absolute Gasteiger partial charge is 0.493 e. The van der Waals surface area contributed by atoms with Gasteiger partial charge in [0.15, 0.2) is 28.8 Å². The van der Waals surface area contributed by atoms with Crippen LogP contribution in [0.2, 0.25) is 0 Å². The predicted molar refractivity (Wildman–Crippen MR) is 113 cm³/mol. The van der Waals surface area contributed by atoms with Crippen molar-refractivity contribution < 1.29 is 28.4 Å². The molecule has 3 N–H and O–H groups in total. The first-order valence-corrected chi connectivity index (χ1v) is 8.97. The molecule has 3 aromatic rings. The number of aromatic amines is 1. The summed E-state index contributed by atoms with van der Waals surface area (Å²) in [5.74, 6) is 3.32. The zero-order chi connectivity index (χ0) is 21.8. The molecule has 0 aliphatic heterocycles. The van der Waals surface area contributed by atoms with Crippen molar-refractivity contribution >= 4 is 5.82 Å². The molecule has 160 valence electrons. The molecule has 2 aromatic carbocycles. The maximum atomic E-state index is 6.22. The summed E-state index contributed by atoms with van der Waals surface area (Å²) >= 11 is 0. The average Bonchev–Trinajstić information content (AvgIpc) is 3.17. The number of hydrogen-bond acceptors (Lipinski definition) is 8. The molecule has 9 nitrogen and oxygen atoms in total. The number of nitrogens with one attached hydrogen (secondary N) is 1. The lowest BCUT2D eigenvalue weighted by molar-refractivity contribution is 0.324. The van der Waals surface area contributed by atoms with Crippen LogP contribution in [-0.2, 0) is 0 Å². The average molecular weight is 415 g/mol. The standard InChI is InChI=1S/C21H25N3O6/c1-25-13-7-11(8-14(26-2)19(13)29-5)17-18(23-24-21(17)22)12-9-15(27-3)20(30-6)16(10-12)28-4/h7-10H,1-6H3,(H3,22,23,24). The molecule has 0 saturated heterocycles. The van der Waals surface area contributed by atoms with Gasteiger partial charge in [-0.2, -0.15) is 5.10 Å². The second kappa shape index (κ2) is 8.73. The van der Waals surface area contributed by atoms with Gasteiger partial charge < -0.3 is 34.2 Å². The second-order valence-electron chi connectivity index (χ2n) is 6.19. The van der Waals surface area contributed by atoms with Gasteiger partial charge in [0.1, 0.15) is 0 Å². The van der Waals surface area contributed by atoms with Crippen molar-refractivity contribution in [2.75, 3.05) is 48.4 Å². The first-order chi connectivity index (χ1) is 14.5. The first-order valence-electron chi connectivity index (χ1n) is 8.97. The van der Waals surface area contributed by atoms with E-state index in [0.717, 1.165) is 11.1 Å². The fourth-order valence-corrected chi connectivity index (χ4v) is 3.31. The minimum atomic E-state index is 0.313. The molecule has 1 aromatic heterocycles. The molecule has 0 saturated carbocycles. The van der Waals surface area contributed by atoms with Gasteiger partial charge in [-0.3, -0.25) is 5.10 Å². The molecular formula is C21H25N3O6. The quantitative estimate of drug-likeness (QED) is 0.576. The molecule has 0 aliphatic carbocycles. The van der Waals surface area contributed by atoms with Gasteiger partial charge in [-0.15, -0.1) is 0 Å². The fraction of sp³-hybridized carbons (Fsp3) is 0.286. The van der Waals surface area contributed by atoms with Crippen LogP contribution in [0.5, 0.6) is 34.5 Å². The van der Waals surface area contributed by atoms with Gasteiger partial charge in [0.2, 0.25) is 11.5 Å². The molecular weight excluding hydrogens is 390 g/mol. The van der Waals surface area contributed by atoms with Crippen LogP contribution >= 0.6 is 0 Å². The van der Waals surface area contributed by atoms with Gasteiger partial charge in [-0.05, 0) is 29.8 Å². The van der Waals surface area contributed by atoms with Crippen molar-refractivity contribution in [3.8, 4) is 56.9 Å². The number of rotatable bonds is 8. The molecule has 0 amide bonds. The molecule has 0 radical (unpaired) electrons. The number of hydrogen-bond donors (Lipinski definition) is 2. The Morgan fingerprint density at radius 3 is 1.40 bits per heavy atom. The topological polar surface area (TPSA) is 110 Å². The maximum absolute atomic E-state index is 6.22. The van der Waals surface area contributed by atoms with Crippen LogP contribution < -0.4 is 34.2 Å². The Labute approximate surface area is 174 Å². The van der Waals surface area contributed by atoms with Crippen LogP contribution in [0.1, 0.15) is 0 Å². The maximum Gasteiger partial charge on any atom is 0.203 e. The van der Waals surface area contributed by atoms with Gasteiger partial charge in [0.05, 0.1) is 53.9 Å². The smallest absolute Gasteiger partial charge is 0.203 e. The third-order valence-corrected chi connectivity index (χ3v) is 4.70. The molecule has 3 rings (SSSR count). The number of nitrogens with two attached hydrogens (primary N) is 1. The van der Waals surface area contributed by atoms with Crippen LogP contribution in [0.15, 0.2) is 24.3 Å². The van der Waals surface area contributed by atoms with Crippen molar-refractivity contribution in [3.63, 3.8) is 0 Å². The fourth-order valence-electron chi connectivity index (χ4n) is 3.31. The Morgan fingerprint density at radius 1 is 0.633 bits per heavy atom. The zero-order valence-corrected chi connectivity index (χ0v) is 17.8. The van der Waals surface area contributed by atoms with E-state index in [9.17, 15) is 0 Å². The summed E-state index contributed by atoms with van der Waals surface area (Å²) in [5, 5.41) is 7.20. The van der Waals surface area contributed by atoms with E-state index in [4.69, 9.17) is 34.2 Å². The number of ether oxygens (including phenoxy) is 6. The minimum absolute atomic E-state index is 0.313. The third-order valence-electron chi connectivity index (χ3n) is 4.70. The van der Waals surface area contributed by atoms with Crippen LogP contribution in [0, 0.1) is 0 Å². The number of anilines is 1. The van der Waals surface area contributed by atoms with Crippen molar-refractivity contribution in [1.82, 2.24) is 10.2 Å². The van der Waals surface area contributed by atoms with Crippen molar-refractivity contribution in [1.29, 1.82) is 0 Å². The van der Waals surface area contributed by atoms with Crippen LogP contribution in [0.3, 0.4) is 0 Å². The number of H-pyrrole nitrogens is 1.